The predicted molar refractivity (Wildman–Crippen MR) is 116 cm³/mol. The Hall–Kier alpha value is -1.89. The molecule has 0 radical (unpaired) electrons. The van der Waals surface area contributed by atoms with Crippen LogP contribution in [0, 0.1) is 5.82 Å². The van der Waals surface area contributed by atoms with Crippen molar-refractivity contribution in [3.05, 3.63) is 58.1 Å². The molecule has 0 amide bonds. The summed E-state index contributed by atoms with van der Waals surface area (Å²) in [7, 11) is 0. The van der Waals surface area contributed by atoms with Crippen LogP contribution >= 0.6 is 35.0 Å². The number of nitrogens with zero attached hydrogens (tertiary/aromatic N) is 2. The molecule has 8 heteroatoms. The standard InChI is InChI=1S/C20H18Cl2FN3OS/c1-2-5-28-10-13(27)6-12-3-4-18-14(7-12)20(25-11-24-18)26-19-9-16(22)15(21)8-17(19)23/h3-4,7-9,11H,2,5-6,10H2,1H3,(H,24,25,26). The molecule has 2 aromatic carbocycles. The van der Waals surface area contributed by atoms with E-state index in [-0.39, 0.29) is 21.5 Å². The van der Waals surface area contributed by atoms with Gasteiger partial charge < -0.3 is 5.32 Å². The number of hydrogen-bond acceptors (Lipinski definition) is 5. The minimum Gasteiger partial charge on any atom is -0.337 e. The normalized spacial score (nSPS) is 11.0. The summed E-state index contributed by atoms with van der Waals surface area (Å²) in [5, 5.41) is 4.02. The second-order valence-electron chi connectivity index (χ2n) is 6.21. The lowest BCUT2D eigenvalue weighted by Gasteiger charge is -2.11. The van der Waals surface area contributed by atoms with Gasteiger partial charge in [0, 0.05) is 11.8 Å². The summed E-state index contributed by atoms with van der Waals surface area (Å²) in [6, 6.07) is 8.12. The van der Waals surface area contributed by atoms with E-state index in [2.05, 4.69) is 22.2 Å². The van der Waals surface area contributed by atoms with Gasteiger partial charge in [-0.3, -0.25) is 4.79 Å². The summed E-state index contributed by atoms with van der Waals surface area (Å²) in [4.78, 5) is 20.6. The van der Waals surface area contributed by atoms with Crippen LogP contribution in [0.15, 0.2) is 36.7 Å². The first-order valence-corrected chi connectivity index (χ1v) is 10.6. The monoisotopic (exact) mass is 437 g/mol. The Kier molecular flexibility index (Phi) is 7.10. The van der Waals surface area contributed by atoms with Gasteiger partial charge >= 0.3 is 0 Å². The summed E-state index contributed by atoms with van der Waals surface area (Å²) < 4.78 is 14.2. The van der Waals surface area contributed by atoms with Crippen molar-refractivity contribution >= 4 is 63.2 Å². The highest BCUT2D eigenvalue weighted by Gasteiger charge is 2.12. The molecule has 0 atom stereocenters. The lowest BCUT2D eigenvalue weighted by molar-refractivity contribution is -0.116. The number of halogens is 3. The predicted octanol–water partition coefficient (Wildman–Crippen LogP) is 6.07. The van der Waals surface area contributed by atoms with Gasteiger partial charge in [-0.25, -0.2) is 14.4 Å². The van der Waals surface area contributed by atoms with Crippen molar-refractivity contribution in [3.63, 3.8) is 0 Å². The first-order chi connectivity index (χ1) is 13.5. The summed E-state index contributed by atoms with van der Waals surface area (Å²) in [6.45, 7) is 2.09. The Bertz CT molecular complexity index is 1020. The molecular weight excluding hydrogens is 420 g/mol. The van der Waals surface area contributed by atoms with Crippen LogP contribution in [0.5, 0.6) is 0 Å². The van der Waals surface area contributed by atoms with Gasteiger partial charge in [-0.15, -0.1) is 0 Å². The number of hydrogen-bond donors (Lipinski definition) is 1. The third-order valence-electron chi connectivity index (χ3n) is 3.98. The number of thioether (sulfide) groups is 1. The topological polar surface area (TPSA) is 54.9 Å². The number of Topliss-reactive ketones (excluding diaryl/α,β-unsaturated/α-hetero) is 1. The molecule has 28 heavy (non-hydrogen) atoms. The maximum atomic E-state index is 14.2. The van der Waals surface area contributed by atoms with Gasteiger partial charge in [0.1, 0.15) is 23.7 Å². The van der Waals surface area contributed by atoms with Crippen LogP contribution in [0.25, 0.3) is 10.9 Å². The maximum absolute atomic E-state index is 14.2. The third kappa shape index (κ3) is 5.13. The molecule has 0 bridgehead atoms. The molecule has 0 spiro atoms. The van der Waals surface area contributed by atoms with Crippen LogP contribution in [-0.4, -0.2) is 27.3 Å². The molecular formula is C20H18Cl2FN3OS. The molecule has 0 aliphatic rings. The summed E-state index contributed by atoms with van der Waals surface area (Å²) in [6.07, 6.45) is 2.78. The molecule has 3 rings (SSSR count). The molecule has 0 saturated carbocycles. The van der Waals surface area contributed by atoms with E-state index in [9.17, 15) is 9.18 Å². The highest BCUT2D eigenvalue weighted by Crippen LogP contribution is 2.31. The third-order valence-corrected chi connectivity index (χ3v) is 5.92. The van der Waals surface area contributed by atoms with Crippen LogP contribution in [0.3, 0.4) is 0 Å². The van der Waals surface area contributed by atoms with E-state index in [0.29, 0.717) is 28.9 Å². The van der Waals surface area contributed by atoms with Crippen LogP contribution in [-0.2, 0) is 11.2 Å². The van der Waals surface area contributed by atoms with E-state index in [1.165, 1.54) is 12.4 Å². The maximum Gasteiger partial charge on any atom is 0.148 e. The zero-order chi connectivity index (χ0) is 20.1. The van der Waals surface area contributed by atoms with E-state index in [0.717, 1.165) is 23.8 Å². The Balaban J connectivity index is 1.87. The number of ketones is 1. The quantitative estimate of drug-likeness (QED) is 0.342. The molecule has 1 N–H and O–H groups in total. The van der Waals surface area contributed by atoms with Gasteiger partial charge in [-0.05, 0) is 42.0 Å². The zero-order valence-corrected chi connectivity index (χ0v) is 17.5. The highest BCUT2D eigenvalue weighted by atomic mass is 35.5. The second kappa shape index (κ2) is 9.54. The fraction of sp³-hybridized carbons (Fsp3) is 0.250. The number of anilines is 2. The van der Waals surface area contributed by atoms with Crippen LogP contribution in [0.2, 0.25) is 10.0 Å². The van der Waals surface area contributed by atoms with Crippen molar-refractivity contribution in [1.29, 1.82) is 0 Å². The van der Waals surface area contributed by atoms with Crippen LogP contribution in [0.4, 0.5) is 15.9 Å². The van der Waals surface area contributed by atoms with Gasteiger partial charge in [0.2, 0.25) is 0 Å². The van der Waals surface area contributed by atoms with E-state index in [1.807, 2.05) is 18.2 Å². The van der Waals surface area contributed by atoms with Crippen molar-refractivity contribution in [2.24, 2.45) is 0 Å². The Morgan fingerprint density at radius 1 is 1.18 bits per heavy atom. The largest absolute Gasteiger partial charge is 0.337 e. The minimum absolute atomic E-state index is 0.138. The Labute approximate surface area is 176 Å². The Morgan fingerprint density at radius 3 is 2.75 bits per heavy atom. The van der Waals surface area contributed by atoms with Crippen molar-refractivity contribution in [1.82, 2.24) is 9.97 Å². The van der Waals surface area contributed by atoms with Gasteiger partial charge in [-0.2, -0.15) is 11.8 Å². The van der Waals surface area contributed by atoms with Gasteiger partial charge in [0.25, 0.3) is 0 Å². The minimum atomic E-state index is -0.541. The van der Waals surface area contributed by atoms with Crippen LogP contribution in [0.1, 0.15) is 18.9 Å². The van der Waals surface area contributed by atoms with E-state index in [1.54, 1.807) is 11.8 Å². The highest BCUT2D eigenvalue weighted by molar-refractivity contribution is 7.99. The Morgan fingerprint density at radius 2 is 1.96 bits per heavy atom. The molecule has 0 aliphatic heterocycles. The molecule has 1 heterocycles. The molecule has 4 nitrogen and oxygen atoms in total. The smallest absolute Gasteiger partial charge is 0.148 e. The first-order valence-electron chi connectivity index (χ1n) is 8.72. The number of nitrogens with one attached hydrogen (secondary N) is 1. The molecule has 0 unspecified atom stereocenters. The number of carbonyl (C=O) groups excluding carboxylic acids is 1. The van der Waals surface area contributed by atoms with Crippen molar-refractivity contribution in [2.75, 3.05) is 16.8 Å². The van der Waals surface area contributed by atoms with E-state index >= 15 is 0 Å². The fourth-order valence-electron chi connectivity index (χ4n) is 2.67. The van der Waals surface area contributed by atoms with Crippen molar-refractivity contribution < 1.29 is 9.18 Å². The number of benzene rings is 2. The van der Waals surface area contributed by atoms with E-state index < -0.39 is 5.82 Å². The first kappa shape index (κ1) is 20.8. The summed E-state index contributed by atoms with van der Waals surface area (Å²) in [5.41, 5.74) is 1.71. The van der Waals surface area contributed by atoms with Gasteiger partial charge in [-0.1, -0.05) is 36.2 Å². The van der Waals surface area contributed by atoms with Gasteiger partial charge in [0.05, 0.1) is 27.0 Å². The van der Waals surface area contributed by atoms with Gasteiger partial charge in [0.15, 0.2) is 0 Å². The lowest BCUT2D eigenvalue weighted by atomic mass is 10.1. The van der Waals surface area contributed by atoms with Crippen LogP contribution < -0.4 is 5.32 Å². The second-order valence-corrected chi connectivity index (χ2v) is 8.13. The summed E-state index contributed by atoms with van der Waals surface area (Å²) >= 11 is 13.5. The number of carbonyl (C=O) groups is 1. The molecule has 0 aliphatic carbocycles. The average molecular weight is 438 g/mol. The summed E-state index contributed by atoms with van der Waals surface area (Å²) in [5.74, 6) is 1.52. The fourth-order valence-corrected chi connectivity index (χ4v) is 3.75. The zero-order valence-electron chi connectivity index (χ0n) is 15.1. The average Bonchev–Trinajstić information content (AvgIpc) is 2.66. The molecule has 0 fully saturated rings. The lowest BCUT2D eigenvalue weighted by Crippen LogP contribution is -2.06. The molecule has 146 valence electrons. The number of rotatable bonds is 8. The molecule has 3 aromatic rings. The number of aromatic nitrogens is 2. The molecule has 0 saturated heterocycles. The number of fused-ring (bicyclic) bond motifs is 1. The van der Waals surface area contributed by atoms with Crippen molar-refractivity contribution in [3.8, 4) is 0 Å². The van der Waals surface area contributed by atoms with E-state index in [4.69, 9.17) is 23.2 Å². The SMILES string of the molecule is CCCSCC(=O)Cc1ccc2ncnc(Nc3cc(Cl)c(Cl)cc3F)c2c1. The van der Waals surface area contributed by atoms with Crippen molar-refractivity contribution in [2.45, 2.75) is 19.8 Å². The molecule has 1 aromatic heterocycles.